The molecule has 4 heteroatoms. The summed E-state index contributed by atoms with van der Waals surface area (Å²) in [5.41, 5.74) is 3.18. The summed E-state index contributed by atoms with van der Waals surface area (Å²) in [4.78, 5) is 14.7. The number of nitrogens with one attached hydrogen (secondary N) is 1. The van der Waals surface area contributed by atoms with Crippen LogP contribution in [0, 0.1) is 13.8 Å². The van der Waals surface area contributed by atoms with E-state index in [0.29, 0.717) is 12.5 Å². The van der Waals surface area contributed by atoms with Crippen LogP contribution in [0.2, 0.25) is 0 Å². The van der Waals surface area contributed by atoms with E-state index in [0.717, 1.165) is 49.2 Å². The predicted molar refractivity (Wildman–Crippen MR) is 94.7 cm³/mol. The Hall–Kier alpha value is -1.39. The first kappa shape index (κ1) is 18.0. The first-order valence-corrected chi connectivity index (χ1v) is 8.83. The summed E-state index contributed by atoms with van der Waals surface area (Å²) < 4.78 is 0. The van der Waals surface area contributed by atoms with Gasteiger partial charge in [0.25, 0.3) is 0 Å². The van der Waals surface area contributed by atoms with Gasteiger partial charge >= 0.3 is 0 Å². The lowest BCUT2D eigenvalue weighted by Crippen LogP contribution is -2.31. The summed E-state index contributed by atoms with van der Waals surface area (Å²) >= 11 is 0. The third-order valence-corrected chi connectivity index (χ3v) is 4.79. The molecule has 1 saturated heterocycles. The molecular weight excluding hydrogens is 288 g/mol. The number of benzene rings is 1. The van der Waals surface area contributed by atoms with E-state index in [4.69, 9.17) is 5.11 Å². The van der Waals surface area contributed by atoms with Gasteiger partial charge in [-0.2, -0.15) is 0 Å². The van der Waals surface area contributed by atoms with Gasteiger partial charge in [0, 0.05) is 24.8 Å². The van der Waals surface area contributed by atoms with E-state index < -0.39 is 0 Å². The minimum atomic E-state index is 0.105. The topological polar surface area (TPSA) is 52.6 Å². The van der Waals surface area contributed by atoms with Crippen molar-refractivity contribution in [2.24, 2.45) is 0 Å². The number of anilines is 1. The zero-order valence-corrected chi connectivity index (χ0v) is 14.5. The van der Waals surface area contributed by atoms with Crippen molar-refractivity contribution in [2.45, 2.75) is 58.4 Å². The number of carbonyl (C=O) groups excluding carboxylic acids is 1. The monoisotopic (exact) mass is 318 g/mol. The van der Waals surface area contributed by atoms with Gasteiger partial charge in [0.15, 0.2) is 0 Å². The fourth-order valence-electron chi connectivity index (χ4n) is 3.50. The molecule has 1 atom stereocenters. The molecule has 1 amide bonds. The van der Waals surface area contributed by atoms with Crippen LogP contribution in [0.25, 0.3) is 0 Å². The maximum absolute atomic E-state index is 12.2. The molecule has 1 aromatic carbocycles. The molecule has 4 nitrogen and oxygen atoms in total. The quantitative estimate of drug-likeness (QED) is 0.773. The zero-order chi connectivity index (χ0) is 16.7. The maximum atomic E-state index is 12.2. The molecule has 0 aromatic heterocycles. The lowest BCUT2D eigenvalue weighted by Gasteiger charge is -2.24. The summed E-state index contributed by atoms with van der Waals surface area (Å²) in [6.45, 7) is 6.45. The average molecular weight is 318 g/mol. The maximum Gasteiger partial charge on any atom is 0.224 e. The SMILES string of the molecule is Cc1cccc(C)c1NC(=O)CCCN1CCCC1CCCO. The Bertz CT molecular complexity index is 496. The molecule has 1 unspecified atom stereocenters. The number of amides is 1. The van der Waals surface area contributed by atoms with E-state index in [2.05, 4.69) is 10.2 Å². The number of nitrogens with zero attached hydrogens (tertiary/aromatic N) is 1. The summed E-state index contributed by atoms with van der Waals surface area (Å²) in [5, 5.41) is 12.0. The minimum absolute atomic E-state index is 0.105. The Morgan fingerprint density at radius 1 is 1.30 bits per heavy atom. The van der Waals surface area contributed by atoms with Crippen molar-refractivity contribution in [3.63, 3.8) is 0 Å². The van der Waals surface area contributed by atoms with Crippen LogP contribution in [-0.4, -0.2) is 41.7 Å². The highest BCUT2D eigenvalue weighted by Crippen LogP contribution is 2.22. The lowest BCUT2D eigenvalue weighted by molar-refractivity contribution is -0.116. The second kappa shape index (κ2) is 9.04. The van der Waals surface area contributed by atoms with Crippen LogP contribution < -0.4 is 5.32 Å². The smallest absolute Gasteiger partial charge is 0.224 e. The fourth-order valence-corrected chi connectivity index (χ4v) is 3.50. The number of para-hydroxylation sites is 1. The predicted octanol–water partition coefficient (Wildman–Crippen LogP) is 3.26. The van der Waals surface area contributed by atoms with Crippen molar-refractivity contribution < 1.29 is 9.90 Å². The van der Waals surface area contributed by atoms with E-state index in [1.54, 1.807) is 0 Å². The average Bonchev–Trinajstić information content (AvgIpc) is 2.96. The van der Waals surface area contributed by atoms with Crippen LogP contribution in [0.4, 0.5) is 5.69 Å². The highest BCUT2D eigenvalue weighted by atomic mass is 16.2. The number of likely N-dealkylation sites (tertiary alicyclic amines) is 1. The van der Waals surface area contributed by atoms with Gasteiger partial charge in [-0.05, 0) is 70.2 Å². The van der Waals surface area contributed by atoms with E-state index in [1.165, 1.54) is 12.8 Å². The Kier molecular flexibility index (Phi) is 7.06. The van der Waals surface area contributed by atoms with Gasteiger partial charge in [-0.15, -0.1) is 0 Å². The lowest BCUT2D eigenvalue weighted by atomic mass is 10.1. The molecule has 2 rings (SSSR count). The van der Waals surface area contributed by atoms with Crippen LogP contribution >= 0.6 is 0 Å². The van der Waals surface area contributed by atoms with Crippen LogP contribution in [0.15, 0.2) is 18.2 Å². The summed E-state index contributed by atoms with van der Waals surface area (Å²) in [6.07, 6.45) is 5.89. The van der Waals surface area contributed by atoms with Crippen molar-refractivity contribution in [1.82, 2.24) is 4.90 Å². The molecule has 23 heavy (non-hydrogen) atoms. The molecular formula is C19H30N2O2. The molecule has 0 bridgehead atoms. The van der Waals surface area contributed by atoms with Crippen LogP contribution in [0.5, 0.6) is 0 Å². The van der Waals surface area contributed by atoms with Crippen molar-refractivity contribution in [3.05, 3.63) is 29.3 Å². The minimum Gasteiger partial charge on any atom is -0.396 e. The largest absolute Gasteiger partial charge is 0.396 e. The molecule has 2 N–H and O–H groups in total. The fraction of sp³-hybridized carbons (Fsp3) is 0.632. The standard InChI is InChI=1S/C19H30N2O2/c1-15-7-3-8-16(2)19(15)20-18(23)11-5-13-21-12-4-9-17(21)10-6-14-22/h3,7-8,17,22H,4-6,9-14H2,1-2H3,(H,20,23). The molecule has 1 aliphatic heterocycles. The molecule has 128 valence electrons. The summed E-state index contributed by atoms with van der Waals surface area (Å²) in [5.74, 6) is 0.105. The zero-order valence-electron chi connectivity index (χ0n) is 14.5. The molecule has 0 aliphatic carbocycles. The second-order valence-electron chi connectivity index (χ2n) is 6.62. The van der Waals surface area contributed by atoms with Gasteiger partial charge < -0.3 is 15.3 Å². The van der Waals surface area contributed by atoms with Gasteiger partial charge in [-0.1, -0.05) is 18.2 Å². The number of carbonyl (C=O) groups is 1. The molecule has 1 fully saturated rings. The van der Waals surface area contributed by atoms with Gasteiger partial charge in [-0.25, -0.2) is 0 Å². The number of hydrogen-bond acceptors (Lipinski definition) is 3. The Balaban J connectivity index is 1.74. The molecule has 0 spiro atoms. The van der Waals surface area contributed by atoms with E-state index in [9.17, 15) is 4.79 Å². The van der Waals surface area contributed by atoms with Gasteiger partial charge in [0.2, 0.25) is 5.91 Å². The van der Waals surface area contributed by atoms with Crippen molar-refractivity contribution in [1.29, 1.82) is 0 Å². The summed E-state index contributed by atoms with van der Waals surface area (Å²) in [7, 11) is 0. The number of rotatable bonds is 8. The van der Waals surface area contributed by atoms with Crippen molar-refractivity contribution >= 4 is 11.6 Å². The van der Waals surface area contributed by atoms with Crippen LogP contribution in [0.3, 0.4) is 0 Å². The number of aliphatic hydroxyl groups is 1. The highest BCUT2D eigenvalue weighted by molar-refractivity contribution is 5.92. The van der Waals surface area contributed by atoms with Crippen molar-refractivity contribution in [2.75, 3.05) is 25.0 Å². The molecule has 0 radical (unpaired) electrons. The molecule has 0 saturated carbocycles. The Morgan fingerprint density at radius 3 is 2.74 bits per heavy atom. The first-order valence-electron chi connectivity index (χ1n) is 8.83. The third-order valence-electron chi connectivity index (χ3n) is 4.79. The number of hydrogen-bond donors (Lipinski definition) is 2. The third kappa shape index (κ3) is 5.33. The van der Waals surface area contributed by atoms with Crippen LogP contribution in [0.1, 0.15) is 49.7 Å². The van der Waals surface area contributed by atoms with E-state index in [1.807, 2.05) is 32.0 Å². The van der Waals surface area contributed by atoms with E-state index >= 15 is 0 Å². The number of aryl methyl sites for hydroxylation is 2. The Morgan fingerprint density at radius 2 is 2.04 bits per heavy atom. The molecule has 1 aliphatic rings. The normalized spacial score (nSPS) is 18.3. The first-order chi connectivity index (χ1) is 11.1. The van der Waals surface area contributed by atoms with Crippen molar-refractivity contribution in [3.8, 4) is 0 Å². The van der Waals surface area contributed by atoms with E-state index in [-0.39, 0.29) is 12.5 Å². The van der Waals surface area contributed by atoms with Gasteiger partial charge in [0.1, 0.15) is 0 Å². The van der Waals surface area contributed by atoms with Crippen LogP contribution in [-0.2, 0) is 4.79 Å². The Labute approximate surface area is 139 Å². The highest BCUT2D eigenvalue weighted by Gasteiger charge is 2.23. The molecule has 1 heterocycles. The second-order valence-corrected chi connectivity index (χ2v) is 6.62. The summed E-state index contributed by atoms with van der Waals surface area (Å²) in [6, 6.07) is 6.67. The number of aliphatic hydroxyl groups excluding tert-OH is 1. The molecule has 1 aromatic rings. The van der Waals surface area contributed by atoms with Gasteiger partial charge in [-0.3, -0.25) is 4.79 Å². The van der Waals surface area contributed by atoms with Gasteiger partial charge in [0.05, 0.1) is 0 Å².